The van der Waals surface area contributed by atoms with Crippen molar-refractivity contribution in [3.05, 3.63) is 64.1 Å². The zero-order valence-corrected chi connectivity index (χ0v) is 16.1. The Bertz CT molecular complexity index is 917. The second-order valence-electron chi connectivity index (χ2n) is 5.52. The maximum absolute atomic E-state index is 12.1. The second kappa shape index (κ2) is 8.58. The van der Waals surface area contributed by atoms with E-state index in [1.807, 2.05) is 31.2 Å². The van der Waals surface area contributed by atoms with Crippen LogP contribution in [0.25, 0.3) is 11.5 Å². The number of halogens is 2. The molecule has 134 valence electrons. The number of carbonyl (C=O) groups is 1. The molecule has 2 aromatic carbocycles. The summed E-state index contributed by atoms with van der Waals surface area (Å²) in [6.45, 7) is 1.90. The average Bonchev–Trinajstić information content (AvgIpc) is 3.09. The lowest BCUT2D eigenvalue weighted by molar-refractivity contribution is -0.119. The first-order valence-corrected chi connectivity index (χ1v) is 9.52. The Morgan fingerprint density at radius 1 is 1.15 bits per heavy atom. The van der Waals surface area contributed by atoms with Gasteiger partial charge in [0.25, 0.3) is 5.22 Å². The van der Waals surface area contributed by atoms with Crippen LogP contribution in [-0.4, -0.2) is 21.9 Å². The van der Waals surface area contributed by atoms with E-state index >= 15 is 0 Å². The van der Waals surface area contributed by atoms with Crippen LogP contribution in [0, 0.1) is 0 Å². The monoisotopic (exact) mass is 407 g/mol. The molecule has 0 fully saturated rings. The van der Waals surface area contributed by atoms with E-state index in [1.54, 1.807) is 24.3 Å². The third-order valence-corrected chi connectivity index (χ3v) is 4.82. The normalized spacial score (nSPS) is 12.0. The first-order chi connectivity index (χ1) is 12.5. The summed E-state index contributed by atoms with van der Waals surface area (Å²) in [4.78, 5) is 12.1. The van der Waals surface area contributed by atoms with E-state index in [-0.39, 0.29) is 17.7 Å². The summed E-state index contributed by atoms with van der Waals surface area (Å²) in [5.74, 6) is 0.398. The number of aromatic nitrogens is 2. The second-order valence-corrected chi connectivity index (χ2v) is 7.32. The zero-order chi connectivity index (χ0) is 18.5. The molecule has 3 rings (SSSR count). The highest BCUT2D eigenvalue weighted by atomic mass is 35.5. The predicted octanol–water partition coefficient (Wildman–Crippen LogP) is 5.01. The largest absolute Gasteiger partial charge is 0.411 e. The molecule has 0 radical (unpaired) electrons. The Kier molecular flexibility index (Phi) is 6.19. The highest BCUT2D eigenvalue weighted by Crippen LogP contribution is 2.25. The van der Waals surface area contributed by atoms with Crippen molar-refractivity contribution in [2.75, 3.05) is 5.75 Å². The van der Waals surface area contributed by atoms with Gasteiger partial charge in [-0.1, -0.05) is 53.2 Å². The van der Waals surface area contributed by atoms with Crippen molar-refractivity contribution in [1.82, 2.24) is 15.5 Å². The standard InChI is InChI=1S/C18H15Cl2N3O2S/c1-11(12-4-2-6-14(19)8-12)21-16(24)10-26-18-23-22-17(25-18)13-5-3-7-15(20)9-13/h2-9,11H,10H2,1H3,(H,21,24). The lowest BCUT2D eigenvalue weighted by Crippen LogP contribution is -2.28. The molecule has 0 bridgehead atoms. The van der Waals surface area contributed by atoms with E-state index in [2.05, 4.69) is 15.5 Å². The molecule has 0 saturated carbocycles. The fourth-order valence-electron chi connectivity index (χ4n) is 2.28. The minimum Gasteiger partial charge on any atom is -0.411 e. The van der Waals surface area contributed by atoms with Crippen LogP contribution in [-0.2, 0) is 4.79 Å². The van der Waals surface area contributed by atoms with Gasteiger partial charge in [0.2, 0.25) is 11.8 Å². The molecule has 0 aliphatic rings. The van der Waals surface area contributed by atoms with E-state index in [0.29, 0.717) is 21.2 Å². The van der Waals surface area contributed by atoms with Gasteiger partial charge in [-0.3, -0.25) is 4.79 Å². The molecule has 1 amide bonds. The molecule has 0 saturated heterocycles. The van der Waals surface area contributed by atoms with E-state index in [9.17, 15) is 4.79 Å². The first kappa shape index (κ1) is 18.8. The van der Waals surface area contributed by atoms with Crippen LogP contribution in [0.4, 0.5) is 0 Å². The van der Waals surface area contributed by atoms with Gasteiger partial charge in [-0.05, 0) is 42.8 Å². The van der Waals surface area contributed by atoms with E-state index in [4.69, 9.17) is 27.6 Å². The molecular formula is C18H15Cl2N3O2S. The molecule has 3 aromatic rings. The van der Waals surface area contributed by atoms with Crippen LogP contribution >= 0.6 is 35.0 Å². The molecule has 1 aromatic heterocycles. The van der Waals surface area contributed by atoms with Crippen LogP contribution in [0.2, 0.25) is 10.0 Å². The Morgan fingerprint density at radius 3 is 2.62 bits per heavy atom. The number of hydrogen-bond donors (Lipinski definition) is 1. The molecule has 1 atom stereocenters. The quantitative estimate of drug-likeness (QED) is 0.581. The Labute approximate surface area is 165 Å². The molecule has 1 N–H and O–H groups in total. The highest BCUT2D eigenvalue weighted by molar-refractivity contribution is 7.99. The minimum absolute atomic E-state index is 0.134. The first-order valence-electron chi connectivity index (χ1n) is 7.78. The summed E-state index contributed by atoms with van der Waals surface area (Å²) in [6.07, 6.45) is 0. The lowest BCUT2D eigenvalue weighted by Gasteiger charge is -2.14. The van der Waals surface area contributed by atoms with Gasteiger partial charge >= 0.3 is 0 Å². The van der Waals surface area contributed by atoms with Crippen LogP contribution in [0.15, 0.2) is 58.2 Å². The van der Waals surface area contributed by atoms with Gasteiger partial charge in [0.05, 0.1) is 11.8 Å². The van der Waals surface area contributed by atoms with Crippen molar-refractivity contribution in [3.63, 3.8) is 0 Å². The topological polar surface area (TPSA) is 68.0 Å². The van der Waals surface area contributed by atoms with Crippen molar-refractivity contribution >= 4 is 40.9 Å². The molecule has 0 spiro atoms. The summed E-state index contributed by atoms with van der Waals surface area (Å²) in [5.41, 5.74) is 1.67. The van der Waals surface area contributed by atoms with Gasteiger partial charge in [0.1, 0.15) is 0 Å². The van der Waals surface area contributed by atoms with Crippen molar-refractivity contribution in [3.8, 4) is 11.5 Å². The number of benzene rings is 2. The zero-order valence-electron chi connectivity index (χ0n) is 13.8. The molecule has 5 nitrogen and oxygen atoms in total. The van der Waals surface area contributed by atoms with Crippen molar-refractivity contribution < 1.29 is 9.21 Å². The number of amides is 1. The van der Waals surface area contributed by atoms with Gasteiger partial charge < -0.3 is 9.73 Å². The van der Waals surface area contributed by atoms with E-state index in [0.717, 1.165) is 11.1 Å². The summed E-state index contributed by atoms with van der Waals surface area (Å²) in [5, 5.41) is 12.4. The van der Waals surface area contributed by atoms with Gasteiger partial charge in [-0.2, -0.15) is 0 Å². The Balaban J connectivity index is 1.55. The van der Waals surface area contributed by atoms with Crippen LogP contribution in [0.1, 0.15) is 18.5 Å². The smallest absolute Gasteiger partial charge is 0.277 e. The van der Waals surface area contributed by atoms with Gasteiger partial charge in [-0.15, -0.1) is 10.2 Å². The van der Waals surface area contributed by atoms with Gasteiger partial charge in [0.15, 0.2) is 0 Å². The van der Waals surface area contributed by atoms with E-state index < -0.39 is 0 Å². The number of thioether (sulfide) groups is 1. The number of nitrogens with one attached hydrogen (secondary N) is 1. The Hall–Kier alpha value is -2.02. The third-order valence-electron chi connectivity index (χ3n) is 3.53. The van der Waals surface area contributed by atoms with Gasteiger partial charge in [-0.25, -0.2) is 0 Å². The lowest BCUT2D eigenvalue weighted by atomic mass is 10.1. The average molecular weight is 408 g/mol. The van der Waals surface area contributed by atoms with Crippen molar-refractivity contribution in [2.24, 2.45) is 0 Å². The molecule has 0 aliphatic carbocycles. The van der Waals surface area contributed by atoms with Crippen LogP contribution in [0.5, 0.6) is 0 Å². The predicted molar refractivity (Wildman–Crippen MR) is 103 cm³/mol. The van der Waals surface area contributed by atoms with Gasteiger partial charge in [0, 0.05) is 15.6 Å². The van der Waals surface area contributed by atoms with Crippen LogP contribution in [0.3, 0.4) is 0 Å². The molecule has 1 heterocycles. The maximum atomic E-state index is 12.1. The summed E-state index contributed by atoms with van der Waals surface area (Å²) in [7, 11) is 0. The van der Waals surface area contributed by atoms with Crippen molar-refractivity contribution in [1.29, 1.82) is 0 Å². The number of nitrogens with zero attached hydrogens (tertiary/aromatic N) is 2. The Morgan fingerprint density at radius 2 is 1.88 bits per heavy atom. The molecule has 26 heavy (non-hydrogen) atoms. The van der Waals surface area contributed by atoms with E-state index in [1.165, 1.54) is 11.8 Å². The fraction of sp³-hybridized carbons (Fsp3) is 0.167. The van der Waals surface area contributed by atoms with Crippen LogP contribution < -0.4 is 5.32 Å². The SMILES string of the molecule is CC(NC(=O)CSc1nnc(-c2cccc(Cl)c2)o1)c1cccc(Cl)c1. The third kappa shape index (κ3) is 5.00. The molecule has 1 unspecified atom stereocenters. The van der Waals surface area contributed by atoms with Crippen molar-refractivity contribution in [2.45, 2.75) is 18.2 Å². The summed E-state index contributed by atoms with van der Waals surface area (Å²) < 4.78 is 5.57. The number of hydrogen-bond acceptors (Lipinski definition) is 5. The number of rotatable bonds is 6. The molecule has 8 heteroatoms. The molecule has 0 aliphatic heterocycles. The molecular weight excluding hydrogens is 393 g/mol. The number of carbonyl (C=O) groups excluding carboxylic acids is 1. The maximum Gasteiger partial charge on any atom is 0.277 e. The fourth-order valence-corrected chi connectivity index (χ4v) is 3.24. The summed E-state index contributed by atoms with van der Waals surface area (Å²) >= 11 is 13.1. The highest BCUT2D eigenvalue weighted by Gasteiger charge is 2.14. The summed E-state index contributed by atoms with van der Waals surface area (Å²) in [6, 6.07) is 14.4. The minimum atomic E-state index is -0.147.